The third-order valence-corrected chi connectivity index (χ3v) is 7.11. The summed E-state index contributed by atoms with van der Waals surface area (Å²) < 4.78 is 13.5. The van der Waals surface area contributed by atoms with Gasteiger partial charge in [0.15, 0.2) is 0 Å². The van der Waals surface area contributed by atoms with Crippen molar-refractivity contribution in [2.24, 2.45) is 5.92 Å². The summed E-state index contributed by atoms with van der Waals surface area (Å²) >= 11 is 0. The van der Waals surface area contributed by atoms with Crippen molar-refractivity contribution in [2.45, 2.75) is 39.3 Å². The van der Waals surface area contributed by atoms with Gasteiger partial charge in [-0.15, -0.1) is 0 Å². The molecule has 1 atom stereocenters. The molecule has 1 aliphatic heterocycles. The molecule has 7 heteroatoms. The van der Waals surface area contributed by atoms with E-state index >= 15 is 0 Å². The maximum Gasteiger partial charge on any atom is 0.407 e. The van der Waals surface area contributed by atoms with Crippen LogP contribution in [0.3, 0.4) is 0 Å². The van der Waals surface area contributed by atoms with Gasteiger partial charge >= 0.3 is 6.09 Å². The van der Waals surface area contributed by atoms with E-state index in [0.717, 1.165) is 40.2 Å². The summed E-state index contributed by atoms with van der Waals surface area (Å²) in [6.07, 6.45) is 1.63. The number of hydrogen-bond acceptors (Lipinski definition) is 4. The summed E-state index contributed by atoms with van der Waals surface area (Å²) in [5.41, 5.74) is 6.39. The van der Waals surface area contributed by atoms with Crippen LogP contribution in [0.1, 0.15) is 35.9 Å². The first-order valence-corrected chi connectivity index (χ1v) is 11.6. The van der Waals surface area contributed by atoms with Crippen molar-refractivity contribution in [1.29, 1.82) is 0 Å². The number of ether oxygens (including phenoxy) is 1. The van der Waals surface area contributed by atoms with Gasteiger partial charge in [0.25, 0.3) is 0 Å². The Bertz CT molecular complexity index is 1360. The lowest BCUT2D eigenvalue weighted by molar-refractivity contribution is -0.000861. The highest BCUT2D eigenvalue weighted by molar-refractivity contribution is 6.09. The molecule has 0 spiro atoms. The van der Waals surface area contributed by atoms with Crippen molar-refractivity contribution < 1.29 is 19.2 Å². The van der Waals surface area contributed by atoms with Crippen molar-refractivity contribution in [3.8, 4) is 11.1 Å². The minimum Gasteiger partial charge on any atom is -0.465 e. The molecule has 1 amide bonds. The molecular weight excluding hydrogens is 418 g/mol. The number of nitrogens with zero attached hydrogens (tertiary/aromatic N) is 3. The number of fused-ring (bicyclic) bond motifs is 3. The SMILES string of the molecule is Cc1noc(C)c1-c1ccc2c(c1)c1ccc(C3COCCN3C(=O)O)cc1n2CC1CC1. The maximum atomic E-state index is 11.8. The van der Waals surface area contributed by atoms with Crippen LogP contribution in [0.4, 0.5) is 4.79 Å². The first kappa shape index (κ1) is 20.3. The number of hydrogen-bond donors (Lipinski definition) is 1. The fraction of sp³-hybridized carbons (Fsp3) is 0.385. The Kier molecular flexibility index (Phi) is 4.69. The molecule has 3 heterocycles. The fourth-order valence-corrected chi connectivity index (χ4v) is 5.24. The molecule has 1 aliphatic carbocycles. The molecule has 4 aromatic rings. The molecule has 1 N–H and O–H groups in total. The topological polar surface area (TPSA) is 80.7 Å². The minimum atomic E-state index is -0.897. The van der Waals surface area contributed by atoms with Crippen LogP contribution >= 0.6 is 0 Å². The third-order valence-electron chi connectivity index (χ3n) is 7.11. The lowest BCUT2D eigenvalue weighted by Gasteiger charge is -2.33. The second kappa shape index (κ2) is 7.63. The molecule has 2 fully saturated rings. The standard InChI is InChI=1S/C26H27N3O4/c1-15-25(16(2)33-27-15)19-6-8-22-21(11-19)20-7-5-18(12-23(20)29(22)13-17-3-4-17)24-14-32-10-9-28(24)26(30)31/h5-8,11-12,17,24H,3-4,9-10,13-14H2,1-2H3,(H,30,31). The maximum absolute atomic E-state index is 11.8. The van der Waals surface area contributed by atoms with E-state index in [2.05, 4.69) is 46.1 Å². The van der Waals surface area contributed by atoms with Crippen LogP contribution in [0.2, 0.25) is 0 Å². The highest BCUT2D eigenvalue weighted by Crippen LogP contribution is 2.39. The van der Waals surface area contributed by atoms with Crippen LogP contribution in [-0.4, -0.2) is 45.6 Å². The van der Waals surface area contributed by atoms with Crippen LogP contribution in [0.15, 0.2) is 40.9 Å². The Morgan fingerprint density at radius 1 is 1.12 bits per heavy atom. The van der Waals surface area contributed by atoms with E-state index in [1.165, 1.54) is 34.0 Å². The van der Waals surface area contributed by atoms with Crippen molar-refractivity contribution in [3.63, 3.8) is 0 Å². The molecule has 33 heavy (non-hydrogen) atoms. The van der Waals surface area contributed by atoms with Gasteiger partial charge in [0.1, 0.15) is 5.76 Å². The van der Waals surface area contributed by atoms with Gasteiger partial charge < -0.3 is 18.9 Å². The largest absolute Gasteiger partial charge is 0.465 e. The predicted octanol–water partition coefficient (Wildman–Crippen LogP) is 5.53. The Morgan fingerprint density at radius 3 is 2.70 bits per heavy atom. The smallest absolute Gasteiger partial charge is 0.407 e. The molecule has 6 rings (SSSR count). The van der Waals surface area contributed by atoms with E-state index in [1.54, 1.807) is 0 Å². The Balaban J connectivity index is 1.53. The average molecular weight is 446 g/mol. The highest BCUT2D eigenvalue weighted by Gasteiger charge is 2.30. The van der Waals surface area contributed by atoms with E-state index < -0.39 is 6.09 Å². The molecule has 170 valence electrons. The number of carboxylic acid groups (broad SMARTS) is 1. The van der Waals surface area contributed by atoms with Crippen LogP contribution in [0.25, 0.3) is 32.9 Å². The zero-order chi connectivity index (χ0) is 22.7. The van der Waals surface area contributed by atoms with E-state index in [4.69, 9.17) is 9.26 Å². The molecule has 2 aromatic heterocycles. The van der Waals surface area contributed by atoms with Crippen LogP contribution in [0, 0.1) is 19.8 Å². The molecular formula is C26H27N3O4. The zero-order valence-electron chi connectivity index (χ0n) is 18.9. The van der Waals surface area contributed by atoms with E-state index in [0.29, 0.717) is 25.7 Å². The highest BCUT2D eigenvalue weighted by atomic mass is 16.5. The number of amides is 1. The molecule has 0 bridgehead atoms. The Labute approximate surface area is 191 Å². The summed E-state index contributed by atoms with van der Waals surface area (Å²) in [6, 6.07) is 12.7. The molecule has 2 aromatic carbocycles. The van der Waals surface area contributed by atoms with Gasteiger partial charge in [0.05, 0.1) is 24.9 Å². The second-order valence-electron chi connectivity index (χ2n) is 9.33. The second-order valence-corrected chi connectivity index (χ2v) is 9.33. The van der Waals surface area contributed by atoms with Crippen molar-refractivity contribution in [2.75, 3.05) is 19.8 Å². The predicted molar refractivity (Wildman–Crippen MR) is 125 cm³/mol. The summed E-state index contributed by atoms with van der Waals surface area (Å²) in [5, 5.41) is 16.2. The van der Waals surface area contributed by atoms with Crippen molar-refractivity contribution >= 4 is 27.9 Å². The molecule has 7 nitrogen and oxygen atoms in total. The number of aryl methyl sites for hydroxylation is 2. The third kappa shape index (κ3) is 3.38. The van der Waals surface area contributed by atoms with Crippen LogP contribution in [-0.2, 0) is 11.3 Å². The molecule has 1 saturated heterocycles. The number of morpholine rings is 1. The Hall–Kier alpha value is -3.32. The van der Waals surface area contributed by atoms with Gasteiger partial charge in [-0.2, -0.15) is 0 Å². The lowest BCUT2D eigenvalue weighted by atomic mass is 10.00. The molecule has 2 aliphatic rings. The van der Waals surface area contributed by atoms with E-state index in [1.807, 2.05) is 13.8 Å². The van der Waals surface area contributed by atoms with Crippen LogP contribution in [0.5, 0.6) is 0 Å². The first-order chi connectivity index (χ1) is 16.0. The van der Waals surface area contributed by atoms with Gasteiger partial charge in [-0.3, -0.25) is 4.90 Å². The minimum absolute atomic E-state index is 0.286. The number of aromatic nitrogens is 2. The van der Waals surface area contributed by atoms with Crippen molar-refractivity contribution in [3.05, 3.63) is 53.4 Å². The monoisotopic (exact) mass is 445 g/mol. The van der Waals surface area contributed by atoms with Gasteiger partial charge in [-0.25, -0.2) is 4.79 Å². The van der Waals surface area contributed by atoms with Crippen molar-refractivity contribution in [1.82, 2.24) is 14.6 Å². The summed E-state index contributed by atoms with van der Waals surface area (Å²) in [5.74, 6) is 1.53. The van der Waals surface area contributed by atoms with Gasteiger partial charge in [-0.05, 0) is 61.9 Å². The van der Waals surface area contributed by atoms with E-state index in [9.17, 15) is 9.90 Å². The summed E-state index contributed by atoms with van der Waals surface area (Å²) in [4.78, 5) is 13.3. The first-order valence-electron chi connectivity index (χ1n) is 11.6. The molecule has 1 saturated carbocycles. The fourth-order valence-electron chi connectivity index (χ4n) is 5.24. The normalized spacial score (nSPS) is 19.0. The lowest BCUT2D eigenvalue weighted by Crippen LogP contribution is -2.42. The molecule has 0 radical (unpaired) electrons. The summed E-state index contributed by atoms with van der Waals surface area (Å²) in [7, 11) is 0. The number of benzene rings is 2. The number of rotatable bonds is 4. The molecule has 1 unspecified atom stereocenters. The average Bonchev–Trinajstić information content (AvgIpc) is 3.52. The van der Waals surface area contributed by atoms with Gasteiger partial charge in [0.2, 0.25) is 0 Å². The van der Waals surface area contributed by atoms with Crippen LogP contribution < -0.4 is 0 Å². The number of carbonyl (C=O) groups is 1. The Morgan fingerprint density at radius 2 is 1.97 bits per heavy atom. The van der Waals surface area contributed by atoms with Gasteiger partial charge in [0, 0.05) is 40.5 Å². The van der Waals surface area contributed by atoms with E-state index in [-0.39, 0.29) is 6.04 Å². The summed E-state index contributed by atoms with van der Waals surface area (Å²) in [6.45, 7) is 6.12. The quantitative estimate of drug-likeness (QED) is 0.447. The van der Waals surface area contributed by atoms with Gasteiger partial charge in [-0.1, -0.05) is 23.4 Å². The zero-order valence-corrected chi connectivity index (χ0v) is 18.9.